The summed E-state index contributed by atoms with van der Waals surface area (Å²) in [7, 11) is 0. The Labute approximate surface area is 182 Å². The van der Waals surface area contributed by atoms with Gasteiger partial charge in [0.25, 0.3) is 0 Å². The van der Waals surface area contributed by atoms with E-state index >= 15 is 0 Å². The number of ether oxygens (including phenoxy) is 1. The molecule has 0 unspecified atom stereocenters. The van der Waals surface area contributed by atoms with Crippen molar-refractivity contribution < 1.29 is 13.9 Å². The lowest BCUT2D eigenvalue weighted by Gasteiger charge is -2.37. The minimum atomic E-state index is -0.301. The second-order valence-corrected chi connectivity index (χ2v) is 8.57. The Morgan fingerprint density at radius 3 is 2.90 bits per heavy atom. The molecule has 0 spiro atoms. The van der Waals surface area contributed by atoms with Gasteiger partial charge in [-0.1, -0.05) is 17.7 Å². The first-order valence-electron chi connectivity index (χ1n) is 9.66. The smallest absolute Gasteiger partial charge is 0.244 e. The van der Waals surface area contributed by atoms with Gasteiger partial charge in [0.1, 0.15) is 5.82 Å². The lowest BCUT2D eigenvalue weighted by molar-refractivity contribution is -0.116. The van der Waals surface area contributed by atoms with Crippen LogP contribution >= 0.6 is 22.9 Å². The number of imidazole rings is 1. The van der Waals surface area contributed by atoms with Gasteiger partial charge in [0, 0.05) is 37.3 Å². The number of carbonyl (C=O) groups is 1. The summed E-state index contributed by atoms with van der Waals surface area (Å²) in [5, 5.41) is 5.01. The molecule has 0 radical (unpaired) electrons. The monoisotopic (exact) mass is 448 g/mol. The highest BCUT2D eigenvalue weighted by Crippen LogP contribution is 2.25. The van der Waals surface area contributed by atoms with Crippen molar-refractivity contribution in [3.63, 3.8) is 0 Å². The maximum Gasteiger partial charge on any atom is 0.244 e. The van der Waals surface area contributed by atoms with Crippen molar-refractivity contribution in [1.82, 2.24) is 14.7 Å². The molecule has 3 aromatic rings. The van der Waals surface area contributed by atoms with Gasteiger partial charge in [-0.3, -0.25) is 9.20 Å². The summed E-state index contributed by atoms with van der Waals surface area (Å²) in [6.07, 6.45) is 4.97. The Morgan fingerprint density at radius 2 is 2.17 bits per heavy atom. The molecule has 3 heterocycles. The Balaban J connectivity index is 1.38. The summed E-state index contributed by atoms with van der Waals surface area (Å²) in [5.74, 6) is -0.596. The zero-order chi connectivity index (χ0) is 21.3. The van der Waals surface area contributed by atoms with Gasteiger partial charge in [-0.2, -0.15) is 0 Å². The summed E-state index contributed by atoms with van der Waals surface area (Å²) in [5.41, 5.74) is 1.89. The minimum Gasteiger partial charge on any atom is -0.372 e. The van der Waals surface area contributed by atoms with E-state index in [-0.39, 0.29) is 30.5 Å². The molecule has 4 rings (SSSR count). The van der Waals surface area contributed by atoms with Crippen LogP contribution in [0.5, 0.6) is 0 Å². The van der Waals surface area contributed by atoms with E-state index in [4.69, 9.17) is 16.3 Å². The van der Waals surface area contributed by atoms with Gasteiger partial charge >= 0.3 is 0 Å². The summed E-state index contributed by atoms with van der Waals surface area (Å²) in [6.45, 7) is 5.49. The third kappa shape index (κ3) is 4.50. The van der Waals surface area contributed by atoms with Gasteiger partial charge in [-0.05, 0) is 37.6 Å². The number of fused-ring (bicyclic) bond motifs is 1. The Bertz CT molecular complexity index is 1090. The first-order chi connectivity index (χ1) is 14.4. The van der Waals surface area contributed by atoms with Gasteiger partial charge in [-0.15, -0.1) is 11.3 Å². The van der Waals surface area contributed by atoms with E-state index < -0.39 is 0 Å². The number of thiazole rings is 1. The molecule has 9 heteroatoms. The number of hydrogen-bond acceptors (Lipinski definition) is 5. The maximum absolute atomic E-state index is 14.7. The molecule has 1 aromatic carbocycles. The number of aromatic nitrogens is 2. The summed E-state index contributed by atoms with van der Waals surface area (Å²) < 4.78 is 22.2. The molecule has 1 aliphatic rings. The highest BCUT2D eigenvalue weighted by molar-refractivity contribution is 7.15. The van der Waals surface area contributed by atoms with Crippen molar-refractivity contribution in [2.45, 2.75) is 32.6 Å². The van der Waals surface area contributed by atoms with Crippen LogP contribution in [0.15, 0.2) is 35.9 Å². The first-order valence-corrected chi connectivity index (χ1v) is 10.9. The third-order valence-corrected chi connectivity index (χ3v) is 5.92. The van der Waals surface area contributed by atoms with Crippen LogP contribution in [0.3, 0.4) is 0 Å². The number of benzene rings is 1. The molecule has 1 amide bonds. The average molecular weight is 449 g/mol. The van der Waals surface area contributed by atoms with E-state index in [2.05, 4.69) is 10.3 Å². The van der Waals surface area contributed by atoms with Crippen molar-refractivity contribution in [2.24, 2.45) is 0 Å². The van der Waals surface area contributed by atoms with Gasteiger partial charge in [0.05, 0.1) is 23.6 Å². The summed E-state index contributed by atoms with van der Waals surface area (Å²) in [6, 6.07) is 5.06. The van der Waals surface area contributed by atoms with E-state index in [1.54, 1.807) is 12.1 Å². The molecule has 158 valence electrons. The third-order valence-electron chi connectivity index (χ3n) is 4.89. The van der Waals surface area contributed by atoms with Crippen LogP contribution in [-0.2, 0) is 16.1 Å². The van der Waals surface area contributed by atoms with E-state index in [1.807, 2.05) is 40.8 Å². The number of morpholine rings is 1. The van der Waals surface area contributed by atoms with Crippen LogP contribution < -0.4 is 10.2 Å². The second kappa shape index (κ2) is 8.75. The largest absolute Gasteiger partial charge is 0.372 e. The van der Waals surface area contributed by atoms with Gasteiger partial charge in [0.2, 0.25) is 5.91 Å². The summed E-state index contributed by atoms with van der Waals surface area (Å²) >= 11 is 7.58. The number of carbonyl (C=O) groups excluding carboxylic acids is 1. The summed E-state index contributed by atoms with van der Waals surface area (Å²) in [4.78, 5) is 19.2. The fraction of sp³-hybridized carbons (Fsp3) is 0.333. The Kier molecular flexibility index (Phi) is 6.08. The standard InChI is InChI=1S/C21H22ClFN4O2S/c1-13-11-26(12-14(2)29-13)17-4-3-15(9-16(17)23)10-24-19(28)6-5-18-20(22)25-21-27(18)7-8-30-21/h3-9,13-14H,10-12H2,1-2H3,(H,24,28)/b6-5-/t13-,14-/m1/s1. The fourth-order valence-corrected chi connectivity index (χ4v) is 4.63. The maximum atomic E-state index is 14.7. The predicted molar refractivity (Wildman–Crippen MR) is 118 cm³/mol. The lowest BCUT2D eigenvalue weighted by atomic mass is 10.1. The SMILES string of the molecule is C[C@@H]1CN(c2ccc(CNC(=O)/C=C\c3c(Cl)nc4sccn34)cc2F)C[C@@H](C)O1. The number of amides is 1. The molecule has 1 saturated heterocycles. The second-order valence-electron chi connectivity index (χ2n) is 7.34. The lowest BCUT2D eigenvalue weighted by Crippen LogP contribution is -2.45. The number of rotatable bonds is 5. The van der Waals surface area contributed by atoms with Crippen molar-refractivity contribution >= 4 is 45.6 Å². The highest BCUT2D eigenvalue weighted by Gasteiger charge is 2.24. The highest BCUT2D eigenvalue weighted by atomic mass is 35.5. The Hall–Kier alpha value is -2.42. The quantitative estimate of drug-likeness (QED) is 0.596. The molecule has 0 bridgehead atoms. The number of halogens is 2. The number of hydrogen-bond donors (Lipinski definition) is 1. The van der Waals surface area contributed by atoms with Crippen LogP contribution in [0.2, 0.25) is 5.15 Å². The van der Waals surface area contributed by atoms with Crippen LogP contribution in [0.1, 0.15) is 25.1 Å². The molecule has 30 heavy (non-hydrogen) atoms. The molecule has 1 fully saturated rings. The fourth-order valence-electron chi connectivity index (χ4n) is 3.62. The molecule has 0 aliphatic carbocycles. The van der Waals surface area contributed by atoms with Crippen molar-refractivity contribution in [3.8, 4) is 0 Å². The molecule has 2 aromatic heterocycles. The van der Waals surface area contributed by atoms with Crippen molar-refractivity contribution in [2.75, 3.05) is 18.0 Å². The molecule has 6 nitrogen and oxygen atoms in total. The molecule has 1 aliphatic heterocycles. The zero-order valence-corrected chi connectivity index (χ0v) is 18.2. The number of anilines is 1. The van der Waals surface area contributed by atoms with E-state index in [1.165, 1.54) is 23.5 Å². The topological polar surface area (TPSA) is 58.9 Å². The normalized spacial score (nSPS) is 19.7. The van der Waals surface area contributed by atoms with E-state index in [0.29, 0.717) is 35.2 Å². The van der Waals surface area contributed by atoms with E-state index in [0.717, 1.165) is 4.96 Å². The van der Waals surface area contributed by atoms with Crippen LogP contribution in [0.25, 0.3) is 11.0 Å². The van der Waals surface area contributed by atoms with Crippen molar-refractivity contribution in [3.05, 3.63) is 58.1 Å². The molecular weight excluding hydrogens is 427 g/mol. The number of nitrogens with one attached hydrogen (secondary N) is 1. The van der Waals surface area contributed by atoms with Gasteiger partial charge in [-0.25, -0.2) is 9.37 Å². The first kappa shape index (κ1) is 20.8. The minimum absolute atomic E-state index is 0.0542. The molecule has 0 saturated carbocycles. The van der Waals surface area contributed by atoms with Crippen LogP contribution in [-0.4, -0.2) is 40.6 Å². The Morgan fingerprint density at radius 1 is 1.40 bits per heavy atom. The molecule has 1 N–H and O–H groups in total. The average Bonchev–Trinajstić information content (AvgIpc) is 3.24. The van der Waals surface area contributed by atoms with E-state index in [9.17, 15) is 9.18 Å². The van der Waals surface area contributed by atoms with Crippen molar-refractivity contribution in [1.29, 1.82) is 0 Å². The molecular formula is C21H22ClFN4O2S. The van der Waals surface area contributed by atoms with Crippen LogP contribution in [0, 0.1) is 5.82 Å². The van der Waals surface area contributed by atoms with Gasteiger partial charge < -0.3 is 15.0 Å². The molecule has 2 atom stereocenters. The van der Waals surface area contributed by atoms with Crippen LogP contribution in [0.4, 0.5) is 10.1 Å². The zero-order valence-electron chi connectivity index (χ0n) is 16.6. The predicted octanol–water partition coefficient (Wildman–Crippen LogP) is 4.13. The number of nitrogens with zero attached hydrogens (tertiary/aromatic N) is 3. The van der Waals surface area contributed by atoms with Gasteiger partial charge in [0.15, 0.2) is 10.1 Å².